The number of aliphatic hydroxyl groups excluding tert-OH is 1. The van der Waals surface area contributed by atoms with Gasteiger partial charge in [0.05, 0.1) is 12.2 Å². The molecule has 0 aliphatic carbocycles. The molecule has 0 amide bonds. The summed E-state index contributed by atoms with van der Waals surface area (Å²) in [5.74, 6) is 0. The Morgan fingerprint density at radius 2 is 2.06 bits per heavy atom. The third-order valence-corrected chi connectivity index (χ3v) is 2.00. The van der Waals surface area contributed by atoms with Crippen LogP contribution in [0.1, 0.15) is 11.1 Å². The van der Waals surface area contributed by atoms with Gasteiger partial charge in [-0.15, -0.1) is 0 Å². The Bertz CT molecular complexity index is 406. The summed E-state index contributed by atoms with van der Waals surface area (Å²) in [6.07, 6.45) is -4.52. The van der Waals surface area contributed by atoms with E-state index >= 15 is 0 Å². The zero-order valence-electron chi connectivity index (χ0n) is 8.01. The topological polar surface area (TPSA) is 58.3 Å². The molecule has 0 aliphatic rings. The number of rotatable bonds is 2. The van der Waals surface area contributed by atoms with Gasteiger partial charge in [0.25, 0.3) is 0 Å². The van der Waals surface area contributed by atoms with Crippen molar-refractivity contribution in [1.29, 1.82) is 0 Å². The van der Waals surface area contributed by atoms with Gasteiger partial charge in [-0.2, -0.15) is 13.2 Å². The number of nitrogens with one attached hydrogen (secondary N) is 1. The van der Waals surface area contributed by atoms with Crippen LogP contribution in [0.5, 0.6) is 0 Å². The van der Waals surface area contributed by atoms with Crippen molar-refractivity contribution in [1.82, 2.24) is 0 Å². The molecule has 1 rings (SSSR count). The van der Waals surface area contributed by atoms with Gasteiger partial charge < -0.3 is 16.2 Å². The van der Waals surface area contributed by atoms with Gasteiger partial charge in [-0.3, -0.25) is 0 Å². The first kappa shape index (κ1) is 12.7. The molecule has 0 saturated heterocycles. The van der Waals surface area contributed by atoms with Crippen molar-refractivity contribution in [3.63, 3.8) is 0 Å². The Morgan fingerprint density at radius 3 is 2.50 bits per heavy atom. The number of halogens is 3. The third kappa shape index (κ3) is 2.83. The summed E-state index contributed by atoms with van der Waals surface area (Å²) in [5, 5.41) is 11.2. The highest BCUT2D eigenvalue weighted by Crippen LogP contribution is 2.34. The predicted molar refractivity (Wildman–Crippen MR) is 57.8 cm³/mol. The highest BCUT2D eigenvalue weighted by atomic mass is 32.1. The zero-order chi connectivity index (χ0) is 12.3. The minimum Gasteiger partial charge on any atom is -0.392 e. The van der Waals surface area contributed by atoms with Gasteiger partial charge in [0, 0.05) is 11.3 Å². The van der Waals surface area contributed by atoms with E-state index in [2.05, 4.69) is 17.5 Å². The van der Waals surface area contributed by atoms with Gasteiger partial charge in [-0.05, 0) is 24.4 Å². The van der Waals surface area contributed by atoms with E-state index in [1.54, 1.807) is 0 Å². The van der Waals surface area contributed by atoms with Crippen LogP contribution in [0, 0.1) is 0 Å². The van der Waals surface area contributed by atoms with Gasteiger partial charge in [0.2, 0.25) is 0 Å². The summed E-state index contributed by atoms with van der Waals surface area (Å²) >= 11 is 4.53. The van der Waals surface area contributed by atoms with Crippen LogP contribution in [0.15, 0.2) is 18.2 Å². The average molecular weight is 250 g/mol. The molecule has 0 atom stereocenters. The van der Waals surface area contributed by atoms with E-state index in [-0.39, 0.29) is 16.4 Å². The number of hydrogen-bond acceptors (Lipinski definition) is 2. The van der Waals surface area contributed by atoms with Crippen molar-refractivity contribution in [2.24, 2.45) is 5.73 Å². The molecule has 0 saturated carbocycles. The Kier molecular flexibility index (Phi) is 3.71. The molecule has 0 unspecified atom stereocenters. The molecule has 0 fully saturated rings. The molecule has 0 aromatic heterocycles. The van der Waals surface area contributed by atoms with Gasteiger partial charge >= 0.3 is 6.18 Å². The van der Waals surface area contributed by atoms with Gasteiger partial charge in [0.1, 0.15) is 0 Å². The smallest absolute Gasteiger partial charge is 0.392 e. The van der Waals surface area contributed by atoms with E-state index in [0.29, 0.717) is 0 Å². The lowest BCUT2D eigenvalue weighted by molar-refractivity contribution is -0.138. The first-order chi connectivity index (χ1) is 7.36. The summed E-state index contributed by atoms with van der Waals surface area (Å²) in [6.45, 7) is -0.749. The lowest BCUT2D eigenvalue weighted by atomic mass is 10.1. The van der Waals surface area contributed by atoms with Gasteiger partial charge in [0.15, 0.2) is 5.11 Å². The maximum atomic E-state index is 12.5. The summed E-state index contributed by atoms with van der Waals surface area (Å²) in [6, 6.07) is 3.46. The SMILES string of the molecule is NC(=S)Nc1cccc(C(F)(F)F)c1CO. The molecule has 16 heavy (non-hydrogen) atoms. The monoisotopic (exact) mass is 250 g/mol. The van der Waals surface area contributed by atoms with Crippen LogP contribution in [0.25, 0.3) is 0 Å². The Balaban J connectivity index is 3.26. The third-order valence-electron chi connectivity index (χ3n) is 1.90. The Morgan fingerprint density at radius 1 is 1.44 bits per heavy atom. The van der Waals surface area contributed by atoms with E-state index in [0.717, 1.165) is 6.07 Å². The van der Waals surface area contributed by atoms with Crippen LogP contribution >= 0.6 is 12.2 Å². The molecule has 0 bridgehead atoms. The molecule has 1 aromatic carbocycles. The lowest BCUT2D eigenvalue weighted by Gasteiger charge is -2.15. The fraction of sp³-hybridized carbons (Fsp3) is 0.222. The molecule has 0 heterocycles. The van der Waals surface area contributed by atoms with E-state index in [4.69, 9.17) is 10.8 Å². The quantitative estimate of drug-likeness (QED) is 0.701. The van der Waals surface area contributed by atoms with E-state index in [1.807, 2.05) is 0 Å². The van der Waals surface area contributed by atoms with Crippen molar-refractivity contribution in [3.8, 4) is 0 Å². The van der Waals surface area contributed by atoms with Crippen molar-refractivity contribution in [3.05, 3.63) is 29.3 Å². The van der Waals surface area contributed by atoms with E-state index in [9.17, 15) is 13.2 Å². The fourth-order valence-electron chi connectivity index (χ4n) is 1.27. The summed E-state index contributed by atoms with van der Waals surface area (Å²) in [7, 11) is 0. The number of alkyl halides is 3. The Labute approximate surface area is 95.1 Å². The van der Waals surface area contributed by atoms with Crippen molar-refractivity contribution < 1.29 is 18.3 Å². The van der Waals surface area contributed by atoms with Gasteiger partial charge in [-0.25, -0.2) is 0 Å². The minimum atomic E-state index is -4.52. The number of hydrogen-bond donors (Lipinski definition) is 3. The zero-order valence-corrected chi connectivity index (χ0v) is 8.82. The highest BCUT2D eigenvalue weighted by Gasteiger charge is 2.33. The number of anilines is 1. The second-order valence-electron chi connectivity index (χ2n) is 2.98. The molecule has 3 nitrogen and oxygen atoms in total. The van der Waals surface area contributed by atoms with Crippen LogP contribution in [-0.4, -0.2) is 10.2 Å². The molecule has 4 N–H and O–H groups in total. The summed E-state index contributed by atoms with van der Waals surface area (Å²) < 4.78 is 37.6. The van der Waals surface area contributed by atoms with Crippen LogP contribution in [-0.2, 0) is 12.8 Å². The highest BCUT2D eigenvalue weighted by molar-refractivity contribution is 7.80. The molecule has 0 spiro atoms. The van der Waals surface area contributed by atoms with Crippen molar-refractivity contribution in [2.45, 2.75) is 12.8 Å². The maximum Gasteiger partial charge on any atom is 0.416 e. The first-order valence-electron chi connectivity index (χ1n) is 4.22. The largest absolute Gasteiger partial charge is 0.416 e. The number of nitrogens with two attached hydrogens (primary N) is 1. The molecular weight excluding hydrogens is 241 g/mol. The number of benzene rings is 1. The second kappa shape index (κ2) is 4.67. The van der Waals surface area contributed by atoms with E-state index in [1.165, 1.54) is 12.1 Å². The number of thiocarbonyl (C=S) groups is 1. The summed E-state index contributed by atoms with van der Waals surface area (Å²) in [4.78, 5) is 0. The van der Waals surface area contributed by atoms with Crippen molar-refractivity contribution >= 4 is 23.0 Å². The standard InChI is InChI=1S/C9H9F3N2OS/c10-9(11,12)6-2-1-3-7(5(6)4-15)14-8(13)16/h1-3,15H,4H2,(H3,13,14,16). The molecule has 0 radical (unpaired) electrons. The van der Waals surface area contributed by atoms with Crippen LogP contribution in [0.2, 0.25) is 0 Å². The van der Waals surface area contributed by atoms with Gasteiger partial charge in [-0.1, -0.05) is 6.07 Å². The first-order valence-corrected chi connectivity index (χ1v) is 4.63. The summed E-state index contributed by atoms with van der Waals surface area (Å²) in [5.41, 5.74) is 4.04. The van der Waals surface area contributed by atoms with Crippen LogP contribution < -0.4 is 11.1 Å². The van der Waals surface area contributed by atoms with E-state index < -0.39 is 18.3 Å². The van der Waals surface area contributed by atoms with Crippen LogP contribution in [0.4, 0.5) is 18.9 Å². The lowest BCUT2D eigenvalue weighted by Crippen LogP contribution is -2.21. The average Bonchev–Trinajstić information content (AvgIpc) is 2.15. The molecule has 0 aliphatic heterocycles. The Hall–Kier alpha value is -1.34. The fourth-order valence-corrected chi connectivity index (χ4v) is 1.38. The molecule has 7 heteroatoms. The maximum absolute atomic E-state index is 12.5. The molecular formula is C9H9F3N2OS. The molecule has 1 aromatic rings. The second-order valence-corrected chi connectivity index (χ2v) is 3.42. The molecule has 88 valence electrons. The van der Waals surface area contributed by atoms with Crippen molar-refractivity contribution in [2.75, 3.05) is 5.32 Å². The number of aliphatic hydroxyl groups is 1. The normalized spacial score (nSPS) is 11.2. The predicted octanol–water partition coefficient (Wildman–Crippen LogP) is 1.85. The van der Waals surface area contributed by atoms with Crippen LogP contribution in [0.3, 0.4) is 0 Å². The minimum absolute atomic E-state index is 0.0600.